The van der Waals surface area contributed by atoms with Crippen LogP contribution in [0.2, 0.25) is 0 Å². The fourth-order valence-electron chi connectivity index (χ4n) is 0.728. The molecule has 2 atom stereocenters. The van der Waals surface area contributed by atoms with Gasteiger partial charge in [-0.1, -0.05) is 0 Å². The van der Waals surface area contributed by atoms with Crippen LogP contribution in [0.15, 0.2) is 0 Å². The van der Waals surface area contributed by atoms with Crippen LogP contribution in [0.25, 0.3) is 0 Å². The van der Waals surface area contributed by atoms with Crippen LogP contribution in [-0.2, 0) is 19.1 Å². The third-order valence-corrected chi connectivity index (χ3v) is 1.65. The van der Waals surface area contributed by atoms with Crippen LogP contribution in [-0.4, -0.2) is 35.1 Å². The standard InChI is InChI=1S/C8H14N2O5/c1-4(7(12)13)15-8(14)5(9)2-3-6(10)11/h4-5H,2-3,9H2,1H3,(H2,10,11)(H,12,13)/t4-,5-/m0/s1. The summed E-state index contributed by atoms with van der Waals surface area (Å²) < 4.78 is 4.49. The predicted molar refractivity (Wildman–Crippen MR) is 49.6 cm³/mol. The molecule has 0 bridgehead atoms. The summed E-state index contributed by atoms with van der Waals surface area (Å²) >= 11 is 0. The second-order valence-electron chi connectivity index (χ2n) is 3.03. The highest BCUT2D eigenvalue weighted by Crippen LogP contribution is 2.00. The molecule has 0 radical (unpaired) electrons. The van der Waals surface area contributed by atoms with Crippen LogP contribution in [0.5, 0.6) is 0 Å². The van der Waals surface area contributed by atoms with Gasteiger partial charge in [0.15, 0.2) is 6.10 Å². The number of rotatable bonds is 6. The maximum atomic E-state index is 11.1. The van der Waals surface area contributed by atoms with Crippen molar-refractivity contribution in [1.82, 2.24) is 0 Å². The van der Waals surface area contributed by atoms with Crippen molar-refractivity contribution in [3.8, 4) is 0 Å². The molecule has 0 spiro atoms. The van der Waals surface area contributed by atoms with Gasteiger partial charge >= 0.3 is 11.9 Å². The van der Waals surface area contributed by atoms with Crippen molar-refractivity contribution >= 4 is 17.8 Å². The first kappa shape index (κ1) is 13.4. The van der Waals surface area contributed by atoms with Crippen molar-refractivity contribution in [3.05, 3.63) is 0 Å². The van der Waals surface area contributed by atoms with Crippen LogP contribution < -0.4 is 11.5 Å². The van der Waals surface area contributed by atoms with Crippen molar-refractivity contribution in [1.29, 1.82) is 0 Å². The van der Waals surface area contributed by atoms with E-state index in [4.69, 9.17) is 16.6 Å². The minimum absolute atomic E-state index is 0.0422. The summed E-state index contributed by atoms with van der Waals surface area (Å²) in [6, 6.07) is -1.03. The molecule has 0 aliphatic heterocycles. The molecule has 15 heavy (non-hydrogen) atoms. The largest absolute Gasteiger partial charge is 0.479 e. The number of ether oxygens (including phenoxy) is 1. The molecule has 0 fully saturated rings. The van der Waals surface area contributed by atoms with Crippen molar-refractivity contribution in [2.24, 2.45) is 11.5 Å². The molecule has 0 rings (SSSR count). The average molecular weight is 218 g/mol. The summed E-state index contributed by atoms with van der Waals surface area (Å²) in [5, 5.41) is 8.44. The van der Waals surface area contributed by atoms with E-state index in [1.165, 1.54) is 6.92 Å². The molecule has 1 amide bonds. The lowest BCUT2D eigenvalue weighted by molar-refractivity contribution is -0.163. The van der Waals surface area contributed by atoms with Crippen molar-refractivity contribution in [2.75, 3.05) is 0 Å². The summed E-state index contributed by atoms with van der Waals surface area (Å²) in [5.41, 5.74) is 10.2. The molecule has 0 heterocycles. The molecule has 0 saturated carbocycles. The molecule has 5 N–H and O–H groups in total. The highest BCUT2D eigenvalue weighted by molar-refractivity contribution is 5.81. The van der Waals surface area contributed by atoms with Crippen LogP contribution in [0, 0.1) is 0 Å². The van der Waals surface area contributed by atoms with Crippen LogP contribution in [0.4, 0.5) is 0 Å². The number of esters is 1. The summed E-state index contributed by atoms with van der Waals surface area (Å²) in [4.78, 5) is 31.8. The third-order valence-electron chi connectivity index (χ3n) is 1.65. The fraction of sp³-hybridized carbons (Fsp3) is 0.625. The Hall–Kier alpha value is -1.63. The van der Waals surface area contributed by atoms with E-state index in [1.807, 2.05) is 0 Å². The monoisotopic (exact) mass is 218 g/mol. The maximum Gasteiger partial charge on any atom is 0.344 e. The number of aliphatic carboxylic acids is 1. The first-order chi connectivity index (χ1) is 6.84. The molecule has 0 aromatic carbocycles. The zero-order valence-corrected chi connectivity index (χ0v) is 8.30. The van der Waals surface area contributed by atoms with E-state index in [2.05, 4.69) is 4.74 Å². The molecule has 0 unspecified atom stereocenters. The van der Waals surface area contributed by atoms with E-state index in [9.17, 15) is 14.4 Å². The van der Waals surface area contributed by atoms with Gasteiger partial charge in [-0.3, -0.25) is 9.59 Å². The zero-order valence-electron chi connectivity index (χ0n) is 8.30. The van der Waals surface area contributed by atoms with Crippen LogP contribution >= 0.6 is 0 Å². The van der Waals surface area contributed by atoms with Crippen molar-refractivity contribution < 1.29 is 24.2 Å². The van der Waals surface area contributed by atoms with Crippen molar-refractivity contribution in [3.63, 3.8) is 0 Å². The van der Waals surface area contributed by atoms with Gasteiger partial charge < -0.3 is 21.3 Å². The Bertz CT molecular complexity index is 266. The molecule has 0 aliphatic rings. The van der Waals surface area contributed by atoms with Gasteiger partial charge in [0.25, 0.3) is 0 Å². The normalized spacial score (nSPS) is 14.0. The quantitative estimate of drug-likeness (QED) is 0.469. The molecule has 7 heteroatoms. The first-order valence-electron chi connectivity index (χ1n) is 4.31. The zero-order chi connectivity index (χ0) is 12.0. The van der Waals surface area contributed by atoms with Gasteiger partial charge in [0.1, 0.15) is 6.04 Å². The Balaban J connectivity index is 3.99. The third kappa shape index (κ3) is 5.63. The SMILES string of the molecule is C[C@H](OC(=O)[C@@H](N)CCC(N)=O)C(=O)O. The number of carboxylic acids is 1. The summed E-state index contributed by atoms with van der Waals surface area (Å²) in [5.74, 6) is -2.69. The van der Waals surface area contributed by atoms with Gasteiger partial charge in [0, 0.05) is 6.42 Å². The molecular formula is C8H14N2O5. The van der Waals surface area contributed by atoms with E-state index in [1.54, 1.807) is 0 Å². The minimum atomic E-state index is -1.26. The molecule has 7 nitrogen and oxygen atoms in total. The lowest BCUT2D eigenvalue weighted by atomic mass is 10.1. The Morgan fingerprint density at radius 1 is 1.40 bits per heavy atom. The van der Waals surface area contributed by atoms with Crippen LogP contribution in [0.3, 0.4) is 0 Å². The fourth-order valence-corrected chi connectivity index (χ4v) is 0.728. The second-order valence-corrected chi connectivity index (χ2v) is 3.03. The molecular weight excluding hydrogens is 204 g/mol. The Morgan fingerprint density at radius 3 is 2.33 bits per heavy atom. The second kappa shape index (κ2) is 5.97. The predicted octanol–water partition coefficient (Wildman–Crippen LogP) is -1.40. The highest BCUT2D eigenvalue weighted by atomic mass is 16.6. The lowest BCUT2D eigenvalue weighted by Gasteiger charge is -2.13. The van der Waals surface area contributed by atoms with Gasteiger partial charge in [-0.05, 0) is 13.3 Å². The Kier molecular flexibility index (Phi) is 5.32. The number of carboxylic acid groups (broad SMARTS) is 1. The number of hydrogen-bond acceptors (Lipinski definition) is 5. The molecule has 86 valence electrons. The van der Waals surface area contributed by atoms with E-state index in [-0.39, 0.29) is 12.8 Å². The van der Waals surface area contributed by atoms with Gasteiger partial charge in [0.05, 0.1) is 0 Å². The Morgan fingerprint density at radius 2 is 1.93 bits per heavy atom. The van der Waals surface area contributed by atoms with E-state index in [0.29, 0.717) is 0 Å². The molecule has 0 aromatic heterocycles. The number of hydrogen-bond donors (Lipinski definition) is 3. The van der Waals surface area contributed by atoms with Crippen LogP contribution in [0.1, 0.15) is 19.8 Å². The van der Waals surface area contributed by atoms with Gasteiger partial charge in [-0.2, -0.15) is 0 Å². The lowest BCUT2D eigenvalue weighted by Crippen LogP contribution is -2.37. The number of carbonyl (C=O) groups excluding carboxylic acids is 2. The number of carbonyl (C=O) groups is 3. The number of nitrogens with two attached hydrogens (primary N) is 2. The smallest absolute Gasteiger partial charge is 0.344 e. The molecule has 0 saturated heterocycles. The molecule has 0 aromatic rings. The van der Waals surface area contributed by atoms with Gasteiger partial charge in [-0.25, -0.2) is 4.79 Å². The van der Waals surface area contributed by atoms with Gasteiger partial charge in [0.2, 0.25) is 5.91 Å². The maximum absolute atomic E-state index is 11.1. The summed E-state index contributed by atoms with van der Waals surface area (Å²) in [6.45, 7) is 1.21. The molecule has 0 aliphatic carbocycles. The van der Waals surface area contributed by atoms with E-state index in [0.717, 1.165) is 0 Å². The topological polar surface area (TPSA) is 133 Å². The number of amides is 1. The average Bonchev–Trinajstić information content (AvgIpc) is 2.13. The Labute approximate surface area is 86.4 Å². The summed E-state index contributed by atoms with van der Waals surface area (Å²) in [7, 11) is 0. The first-order valence-corrected chi connectivity index (χ1v) is 4.31. The summed E-state index contributed by atoms with van der Waals surface area (Å²) in [6.07, 6.45) is -1.25. The number of primary amides is 1. The minimum Gasteiger partial charge on any atom is -0.479 e. The highest BCUT2D eigenvalue weighted by Gasteiger charge is 2.21. The van der Waals surface area contributed by atoms with E-state index < -0.39 is 30.0 Å². The van der Waals surface area contributed by atoms with Gasteiger partial charge in [-0.15, -0.1) is 0 Å². The van der Waals surface area contributed by atoms with E-state index >= 15 is 0 Å². The van der Waals surface area contributed by atoms with Crippen molar-refractivity contribution in [2.45, 2.75) is 31.9 Å².